The molecule has 1 aromatic rings. The zero-order chi connectivity index (χ0) is 6.69. The Morgan fingerprint density at radius 3 is 2.50 bits per heavy atom. The van der Waals surface area contributed by atoms with Crippen LogP contribution >= 0.6 is 12.4 Å². The van der Waals surface area contributed by atoms with Crippen LogP contribution in [0.5, 0.6) is 5.75 Å². The van der Waals surface area contributed by atoms with Crippen molar-refractivity contribution in [1.29, 1.82) is 0 Å². The number of aromatic hydroxyl groups is 1. The summed E-state index contributed by atoms with van der Waals surface area (Å²) in [6, 6.07) is 6.19. The second-order valence-electron chi connectivity index (χ2n) is 1.71. The third kappa shape index (κ3) is 2.07. The van der Waals surface area contributed by atoms with Crippen molar-refractivity contribution < 1.29 is 9.90 Å². The molecule has 0 bridgehead atoms. The first-order valence-corrected chi connectivity index (χ1v) is 2.57. The molecular formula is C7H7ClO2. The number of aldehydes is 1. The molecule has 2 nitrogen and oxygen atoms in total. The number of carbonyl (C=O) groups excluding carboxylic acids is 1. The third-order valence-corrected chi connectivity index (χ3v) is 1.01. The number of rotatable bonds is 1. The van der Waals surface area contributed by atoms with Gasteiger partial charge in [-0.15, -0.1) is 12.4 Å². The summed E-state index contributed by atoms with van der Waals surface area (Å²) in [6.07, 6.45) is 0.694. The fraction of sp³-hybridized carbons (Fsp3) is 0. The molecule has 0 spiro atoms. The van der Waals surface area contributed by atoms with Crippen molar-refractivity contribution in [3.8, 4) is 5.75 Å². The molecule has 1 aromatic carbocycles. The maximum absolute atomic E-state index is 10.0. The van der Waals surface area contributed by atoms with E-state index in [1.807, 2.05) is 0 Å². The quantitative estimate of drug-likeness (QED) is 0.631. The first-order chi connectivity index (χ1) is 4.33. The van der Waals surface area contributed by atoms with Gasteiger partial charge in [0.2, 0.25) is 0 Å². The second-order valence-corrected chi connectivity index (χ2v) is 1.71. The van der Waals surface area contributed by atoms with E-state index in [1.54, 1.807) is 12.1 Å². The molecule has 0 aliphatic rings. The molecule has 3 heteroatoms. The second kappa shape index (κ2) is 3.90. The largest absolute Gasteiger partial charge is 0.508 e. The summed E-state index contributed by atoms with van der Waals surface area (Å²) in [5.41, 5.74) is 0.495. The minimum Gasteiger partial charge on any atom is -0.508 e. The van der Waals surface area contributed by atoms with Crippen molar-refractivity contribution in [3.63, 3.8) is 0 Å². The van der Waals surface area contributed by atoms with Gasteiger partial charge in [-0.05, 0) is 12.1 Å². The van der Waals surface area contributed by atoms with Crippen LogP contribution in [0.4, 0.5) is 0 Å². The molecule has 1 N–H and O–H groups in total. The third-order valence-electron chi connectivity index (χ3n) is 1.01. The number of hydrogen-bond acceptors (Lipinski definition) is 2. The fourth-order valence-corrected chi connectivity index (χ4v) is 0.598. The highest BCUT2D eigenvalue weighted by molar-refractivity contribution is 5.85. The van der Waals surface area contributed by atoms with Gasteiger partial charge in [0, 0.05) is 5.56 Å². The van der Waals surface area contributed by atoms with E-state index in [0.717, 1.165) is 0 Å². The van der Waals surface area contributed by atoms with Gasteiger partial charge in [-0.2, -0.15) is 0 Å². The molecule has 10 heavy (non-hydrogen) atoms. The zero-order valence-corrected chi connectivity index (χ0v) is 5.97. The molecule has 0 aliphatic carbocycles. The van der Waals surface area contributed by atoms with Crippen LogP contribution in [-0.4, -0.2) is 11.4 Å². The van der Waals surface area contributed by atoms with E-state index in [2.05, 4.69) is 0 Å². The van der Waals surface area contributed by atoms with Crippen LogP contribution in [0.1, 0.15) is 10.4 Å². The predicted octanol–water partition coefficient (Wildman–Crippen LogP) is 1.63. The van der Waals surface area contributed by atoms with Crippen LogP contribution in [0.15, 0.2) is 24.3 Å². The smallest absolute Gasteiger partial charge is 0.150 e. The van der Waals surface area contributed by atoms with Gasteiger partial charge in [0.1, 0.15) is 12.0 Å². The van der Waals surface area contributed by atoms with Crippen molar-refractivity contribution in [3.05, 3.63) is 29.8 Å². The van der Waals surface area contributed by atoms with Gasteiger partial charge < -0.3 is 5.11 Å². The van der Waals surface area contributed by atoms with E-state index in [-0.39, 0.29) is 18.2 Å². The Hall–Kier alpha value is -1.02. The summed E-state index contributed by atoms with van der Waals surface area (Å²) >= 11 is 0. The van der Waals surface area contributed by atoms with Crippen molar-refractivity contribution in [2.75, 3.05) is 0 Å². The lowest BCUT2D eigenvalue weighted by atomic mass is 10.2. The number of phenols is 1. The Labute approximate surface area is 64.9 Å². The summed E-state index contributed by atoms with van der Waals surface area (Å²) in [4.78, 5) is 10.0. The maximum Gasteiger partial charge on any atom is 0.150 e. The minimum atomic E-state index is 0. The minimum absolute atomic E-state index is 0. The van der Waals surface area contributed by atoms with Gasteiger partial charge in [-0.25, -0.2) is 0 Å². The molecule has 0 aromatic heterocycles. The van der Waals surface area contributed by atoms with Gasteiger partial charge in [0.05, 0.1) is 0 Å². The van der Waals surface area contributed by atoms with Crippen LogP contribution in [0.25, 0.3) is 0 Å². The summed E-state index contributed by atoms with van der Waals surface area (Å²) in [6.45, 7) is 0. The Kier molecular flexibility index (Phi) is 3.51. The van der Waals surface area contributed by atoms with Gasteiger partial charge in [-0.1, -0.05) is 12.1 Å². The van der Waals surface area contributed by atoms with Crippen LogP contribution in [0.3, 0.4) is 0 Å². The molecule has 54 valence electrons. The lowest BCUT2D eigenvalue weighted by Crippen LogP contribution is -1.75. The molecule has 0 amide bonds. The highest BCUT2D eigenvalue weighted by Gasteiger charge is 1.88. The highest BCUT2D eigenvalue weighted by Crippen LogP contribution is 2.07. The monoisotopic (exact) mass is 158 g/mol. The molecule has 0 radical (unpaired) electrons. The first kappa shape index (κ1) is 8.98. The standard InChI is InChI=1S/C7H6O2.ClH/c8-5-6-2-1-3-7(9)4-6;/h1-5,9H;1H. The number of carbonyl (C=O) groups is 1. The zero-order valence-electron chi connectivity index (χ0n) is 5.15. The van der Waals surface area contributed by atoms with Crippen LogP contribution < -0.4 is 0 Å². The highest BCUT2D eigenvalue weighted by atomic mass is 35.5. The van der Waals surface area contributed by atoms with Gasteiger partial charge in [0.25, 0.3) is 0 Å². The summed E-state index contributed by atoms with van der Waals surface area (Å²) in [7, 11) is 0. The summed E-state index contributed by atoms with van der Waals surface area (Å²) < 4.78 is 0. The topological polar surface area (TPSA) is 37.3 Å². The molecule has 0 saturated carbocycles. The number of benzene rings is 1. The Morgan fingerprint density at radius 1 is 1.40 bits per heavy atom. The number of phenolic OH excluding ortho intramolecular Hbond substituents is 1. The molecule has 1 rings (SSSR count). The average Bonchev–Trinajstić information content (AvgIpc) is 1.88. The van der Waals surface area contributed by atoms with Crippen molar-refractivity contribution in [2.24, 2.45) is 0 Å². The Bertz CT molecular complexity index is 223. The lowest BCUT2D eigenvalue weighted by molar-refractivity contribution is 0.112. The lowest BCUT2D eigenvalue weighted by Gasteiger charge is -1.89. The molecule has 0 atom stereocenters. The molecule has 0 aliphatic heterocycles. The fourth-order valence-electron chi connectivity index (χ4n) is 0.598. The Morgan fingerprint density at radius 2 is 2.10 bits per heavy atom. The van der Waals surface area contributed by atoms with Gasteiger partial charge >= 0.3 is 0 Å². The molecule has 0 unspecified atom stereocenters. The summed E-state index contributed by atoms with van der Waals surface area (Å²) in [5, 5.41) is 8.79. The van der Waals surface area contributed by atoms with Gasteiger partial charge in [0.15, 0.2) is 0 Å². The van der Waals surface area contributed by atoms with Crippen LogP contribution in [0, 0.1) is 0 Å². The first-order valence-electron chi connectivity index (χ1n) is 2.57. The number of halogens is 1. The maximum atomic E-state index is 10.0. The van der Waals surface area contributed by atoms with Crippen molar-refractivity contribution >= 4 is 18.7 Å². The van der Waals surface area contributed by atoms with Crippen molar-refractivity contribution in [1.82, 2.24) is 0 Å². The van der Waals surface area contributed by atoms with Crippen LogP contribution in [-0.2, 0) is 0 Å². The molecule has 0 heterocycles. The van der Waals surface area contributed by atoms with E-state index in [1.165, 1.54) is 12.1 Å². The van der Waals surface area contributed by atoms with E-state index in [0.29, 0.717) is 11.8 Å². The Balaban J connectivity index is 0.000000810. The molecular weight excluding hydrogens is 152 g/mol. The van der Waals surface area contributed by atoms with E-state index >= 15 is 0 Å². The van der Waals surface area contributed by atoms with E-state index in [4.69, 9.17) is 5.11 Å². The summed E-state index contributed by atoms with van der Waals surface area (Å²) in [5.74, 6) is 0.125. The normalized spacial score (nSPS) is 8.00. The van der Waals surface area contributed by atoms with Crippen molar-refractivity contribution in [2.45, 2.75) is 0 Å². The average molecular weight is 159 g/mol. The number of hydrogen-bond donors (Lipinski definition) is 1. The van der Waals surface area contributed by atoms with E-state index < -0.39 is 0 Å². The van der Waals surface area contributed by atoms with Crippen LogP contribution in [0.2, 0.25) is 0 Å². The SMILES string of the molecule is Cl.O=Cc1cccc(O)c1. The predicted molar refractivity (Wildman–Crippen MR) is 40.7 cm³/mol. The van der Waals surface area contributed by atoms with Gasteiger partial charge in [-0.3, -0.25) is 4.79 Å². The van der Waals surface area contributed by atoms with E-state index in [9.17, 15) is 4.79 Å². The molecule has 0 saturated heterocycles. The molecule has 0 fully saturated rings.